The van der Waals surface area contributed by atoms with E-state index in [1.54, 1.807) is 36.4 Å². The van der Waals surface area contributed by atoms with Crippen molar-refractivity contribution < 1.29 is 18.7 Å². The third-order valence-corrected chi connectivity index (χ3v) is 2.66. The number of carbonyl (C=O) groups is 2. The molecule has 0 aliphatic rings. The predicted octanol–water partition coefficient (Wildman–Crippen LogP) is 2.10. The van der Waals surface area contributed by atoms with Gasteiger partial charge in [0.15, 0.2) is 6.61 Å². The van der Waals surface area contributed by atoms with Gasteiger partial charge in [0.05, 0.1) is 0 Å². The second kappa shape index (κ2) is 7.12. The molecule has 2 rings (SSSR count). The molecule has 0 aliphatic carbocycles. The van der Waals surface area contributed by atoms with Gasteiger partial charge in [-0.05, 0) is 49.4 Å². The van der Waals surface area contributed by atoms with Gasteiger partial charge in [0.2, 0.25) is 5.91 Å². The first-order valence-corrected chi connectivity index (χ1v) is 6.59. The number of benzene rings is 1. The maximum absolute atomic E-state index is 11.8. The Morgan fingerprint density at radius 1 is 1.23 bits per heavy atom. The van der Waals surface area contributed by atoms with Gasteiger partial charge in [0, 0.05) is 11.8 Å². The van der Waals surface area contributed by atoms with E-state index in [-0.39, 0.29) is 12.5 Å². The molecular weight excluding hydrogens is 284 g/mol. The zero-order chi connectivity index (χ0) is 15.9. The second-order valence-electron chi connectivity index (χ2n) is 4.55. The van der Waals surface area contributed by atoms with Crippen LogP contribution in [0.3, 0.4) is 0 Å². The first-order valence-electron chi connectivity index (χ1n) is 6.59. The van der Waals surface area contributed by atoms with Crippen molar-refractivity contribution in [2.75, 3.05) is 11.9 Å². The molecule has 2 amide bonds. The van der Waals surface area contributed by atoms with E-state index in [9.17, 15) is 9.59 Å². The van der Waals surface area contributed by atoms with Gasteiger partial charge in [-0.2, -0.15) is 0 Å². The molecule has 0 unspecified atom stereocenters. The molecule has 1 aromatic carbocycles. The molecule has 6 heteroatoms. The molecule has 22 heavy (non-hydrogen) atoms. The average Bonchev–Trinajstić information content (AvgIpc) is 2.90. The van der Waals surface area contributed by atoms with Gasteiger partial charge < -0.3 is 20.2 Å². The Hall–Kier alpha value is -3.02. The first-order chi connectivity index (χ1) is 10.5. The highest BCUT2D eigenvalue weighted by atomic mass is 16.5. The summed E-state index contributed by atoms with van der Waals surface area (Å²) in [5.41, 5.74) is 5.59. The van der Waals surface area contributed by atoms with Crippen molar-refractivity contribution in [1.29, 1.82) is 0 Å². The highest BCUT2D eigenvalue weighted by Crippen LogP contribution is 2.15. The number of hydrogen-bond donors (Lipinski definition) is 2. The van der Waals surface area contributed by atoms with Gasteiger partial charge in [-0.15, -0.1) is 0 Å². The molecule has 0 atom stereocenters. The van der Waals surface area contributed by atoms with E-state index in [0.29, 0.717) is 17.2 Å². The van der Waals surface area contributed by atoms with Crippen molar-refractivity contribution in [2.45, 2.75) is 6.92 Å². The number of amides is 2. The number of aryl methyl sites for hydroxylation is 1. The normalized spacial score (nSPS) is 10.6. The Morgan fingerprint density at radius 2 is 1.95 bits per heavy atom. The van der Waals surface area contributed by atoms with Crippen LogP contribution in [0.4, 0.5) is 5.69 Å². The zero-order valence-corrected chi connectivity index (χ0v) is 12.0. The Balaban J connectivity index is 1.88. The highest BCUT2D eigenvalue weighted by Gasteiger charge is 2.01. The maximum atomic E-state index is 11.8. The SMILES string of the molecule is Cc1ccc(/C=C/C(=O)Nc2ccc(OCC(N)=O)cc2)o1. The molecule has 114 valence electrons. The summed E-state index contributed by atoms with van der Waals surface area (Å²) in [7, 11) is 0. The van der Waals surface area contributed by atoms with Crippen LogP contribution in [-0.2, 0) is 9.59 Å². The number of furan rings is 1. The van der Waals surface area contributed by atoms with E-state index in [0.717, 1.165) is 5.76 Å². The number of hydrogen-bond acceptors (Lipinski definition) is 4. The minimum atomic E-state index is -0.546. The summed E-state index contributed by atoms with van der Waals surface area (Å²) in [6, 6.07) is 10.2. The van der Waals surface area contributed by atoms with Crippen LogP contribution in [0.1, 0.15) is 11.5 Å². The molecule has 1 heterocycles. The Morgan fingerprint density at radius 3 is 2.55 bits per heavy atom. The summed E-state index contributed by atoms with van der Waals surface area (Å²) in [5, 5.41) is 2.70. The molecule has 3 N–H and O–H groups in total. The van der Waals surface area contributed by atoms with Crippen molar-refractivity contribution in [3.8, 4) is 5.75 Å². The minimum Gasteiger partial charge on any atom is -0.484 e. The second-order valence-corrected chi connectivity index (χ2v) is 4.55. The van der Waals surface area contributed by atoms with Gasteiger partial charge >= 0.3 is 0 Å². The topological polar surface area (TPSA) is 94.6 Å². The molecule has 0 aliphatic heterocycles. The van der Waals surface area contributed by atoms with Crippen LogP contribution in [0, 0.1) is 6.92 Å². The van der Waals surface area contributed by atoms with Gasteiger partial charge in [-0.3, -0.25) is 9.59 Å². The van der Waals surface area contributed by atoms with Crippen molar-refractivity contribution in [2.24, 2.45) is 5.73 Å². The molecule has 0 saturated heterocycles. The fourth-order valence-electron chi connectivity index (χ4n) is 1.67. The number of nitrogens with two attached hydrogens (primary N) is 1. The smallest absolute Gasteiger partial charge is 0.255 e. The Labute approximate surface area is 127 Å². The third kappa shape index (κ3) is 4.82. The van der Waals surface area contributed by atoms with E-state index < -0.39 is 5.91 Å². The maximum Gasteiger partial charge on any atom is 0.255 e. The summed E-state index contributed by atoms with van der Waals surface area (Å²) in [6.07, 6.45) is 2.97. The van der Waals surface area contributed by atoms with E-state index >= 15 is 0 Å². The molecule has 0 spiro atoms. The molecular formula is C16H16N2O4. The number of anilines is 1. The molecule has 0 bridgehead atoms. The van der Waals surface area contributed by atoms with Crippen LogP contribution < -0.4 is 15.8 Å². The molecule has 0 saturated carbocycles. The Bertz CT molecular complexity index is 686. The van der Waals surface area contributed by atoms with Crippen molar-refractivity contribution in [1.82, 2.24) is 0 Å². The monoisotopic (exact) mass is 300 g/mol. The van der Waals surface area contributed by atoms with Crippen LogP contribution in [0.15, 0.2) is 46.9 Å². The van der Waals surface area contributed by atoms with E-state index in [2.05, 4.69) is 5.32 Å². The lowest BCUT2D eigenvalue weighted by molar-refractivity contribution is -0.120. The van der Waals surface area contributed by atoms with Crippen LogP contribution in [-0.4, -0.2) is 18.4 Å². The van der Waals surface area contributed by atoms with E-state index in [4.69, 9.17) is 14.9 Å². The quantitative estimate of drug-likeness (QED) is 0.799. The molecule has 1 aromatic heterocycles. The van der Waals surface area contributed by atoms with Crippen LogP contribution in [0.25, 0.3) is 6.08 Å². The highest BCUT2D eigenvalue weighted by molar-refractivity contribution is 6.01. The Kier molecular flexibility index (Phi) is 4.98. The molecule has 0 radical (unpaired) electrons. The van der Waals surface area contributed by atoms with Crippen molar-refractivity contribution in [3.05, 3.63) is 54.0 Å². The minimum absolute atomic E-state index is 0.184. The number of nitrogens with one attached hydrogen (secondary N) is 1. The predicted molar refractivity (Wildman–Crippen MR) is 82.2 cm³/mol. The van der Waals surface area contributed by atoms with Gasteiger partial charge in [0.25, 0.3) is 5.91 Å². The lowest BCUT2D eigenvalue weighted by Crippen LogP contribution is -2.20. The van der Waals surface area contributed by atoms with E-state index in [1.165, 1.54) is 6.08 Å². The number of ether oxygens (including phenoxy) is 1. The zero-order valence-electron chi connectivity index (χ0n) is 12.0. The largest absolute Gasteiger partial charge is 0.484 e. The number of carbonyl (C=O) groups excluding carboxylic acids is 2. The first kappa shape index (κ1) is 15.4. The molecule has 2 aromatic rings. The third-order valence-electron chi connectivity index (χ3n) is 2.66. The van der Waals surface area contributed by atoms with Crippen LogP contribution >= 0.6 is 0 Å². The fraction of sp³-hybridized carbons (Fsp3) is 0.125. The summed E-state index contributed by atoms with van der Waals surface area (Å²) in [6.45, 7) is 1.65. The lowest BCUT2D eigenvalue weighted by atomic mass is 10.3. The van der Waals surface area contributed by atoms with E-state index in [1.807, 2.05) is 13.0 Å². The van der Waals surface area contributed by atoms with Crippen LogP contribution in [0.2, 0.25) is 0 Å². The van der Waals surface area contributed by atoms with Gasteiger partial charge in [-0.1, -0.05) is 0 Å². The number of primary amides is 1. The van der Waals surface area contributed by atoms with Crippen molar-refractivity contribution >= 4 is 23.6 Å². The molecule has 6 nitrogen and oxygen atoms in total. The lowest BCUT2D eigenvalue weighted by Gasteiger charge is -2.05. The van der Waals surface area contributed by atoms with Crippen LogP contribution in [0.5, 0.6) is 5.75 Å². The average molecular weight is 300 g/mol. The standard InChI is InChI=1S/C16H16N2O4/c1-11-2-5-14(22-11)8-9-16(20)18-12-3-6-13(7-4-12)21-10-15(17)19/h2-9H,10H2,1H3,(H2,17,19)(H,18,20)/b9-8+. The van der Waals surface area contributed by atoms with Crippen molar-refractivity contribution in [3.63, 3.8) is 0 Å². The summed E-state index contributed by atoms with van der Waals surface area (Å²) in [4.78, 5) is 22.4. The summed E-state index contributed by atoms with van der Waals surface area (Å²) in [5.74, 6) is 1.07. The molecule has 0 fully saturated rings. The summed E-state index contributed by atoms with van der Waals surface area (Å²) >= 11 is 0. The summed E-state index contributed by atoms with van der Waals surface area (Å²) < 4.78 is 10.4. The number of rotatable bonds is 6. The van der Waals surface area contributed by atoms with Gasteiger partial charge in [0.1, 0.15) is 17.3 Å². The van der Waals surface area contributed by atoms with Gasteiger partial charge in [-0.25, -0.2) is 0 Å². The fourth-order valence-corrected chi connectivity index (χ4v) is 1.67.